The largest absolute Gasteiger partial charge is 0.504 e. The zero-order valence-corrected chi connectivity index (χ0v) is 45.1. The van der Waals surface area contributed by atoms with Gasteiger partial charge in [-0.1, -0.05) is 13.8 Å². The normalized spacial score (nSPS) is 29.0. The van der Waals surface area contributed by atoms with Crippen LogP contribution in [0.15, 0.2) is 42.0 Å². The van der Waals surface area contributed by atoms with Crippen LogP contribution in [0.3, 0.4) is 0 Å². The van der Waals surface area contributed by atoms with E-state index in [0.29, 0.717) is 12.1 Å². The maximum atomic E-state index is 14.6. The fourth-order valence-corrected chi connectivity index (χ4v) is 11.8. The number of ketones is 1. The van der Waals surface area contributed by atoms with Gasteiger partial charge in [-0.25, -0.2) is 14.4 Å². The van der Waals surface area contributed by atoms with Crippen LogP contribution in [0.1, 0.15) is 51.3 Å². The van der Waals surface area contributed by atoms with Crippen LogP contribution in [0.25, 0.3) is 22.3 Å². The summed E-state index contributed by atoms with van der Waals surface area (Å²) in [6.07, 6.45) is -16.5. The molecule has 2 saturated heterocycles. The molecule has 0 aromatic heterocycles. The molecule has 5 aromatic carbocycles. The van der Waals surface area contributed by atoms with Crippen molar-refractivity contribution in [3.63, 3.8) is 0 Å². The molecular weight excluding hydrogens is 1180 g/mol. The Bertz CT molecular complexity index is 3870. The van der Waals surface area contributed by atoms with Crippen LogP contribution in [-0.4, -0.2) is 191 Å². The number of aromatic hydroxyl groups is 12. The van der Waals surface area contributed by atoms with E-state index in [0.717, 1.165) is 18.2 Å². The number of carbonyl (C=O) groups is 4. The van der Waals surface area contributed by atoms with Gasteiger partial charge < -0.3 is 139 Å². The Morgan fingerprint density at radius 1 is 0.477 bits per heavy atom. The molecule has 88 heavy (non-hydrogen) atoms. The van der Waals surface area contributed by atoms with Crippen LogP contribution < -0.4 is 14.2 Å². The summed E-state index contributed by atoms with van der Waals surface area (Å²) in [5.41, 5.74) is -7.07. The van der Waals surface area contributed by atoms with Crippen molar-refractivity contribution >= 4 is 23.7 Å². The first kappa shape index (κ1) is 58.9. The summed E-state index contributed by atoms with van der Waals surface area (Å²) >= 11 is 0. The third kappa shape index (κ3) is 8.89. The molecule has 8 aliphatic rings. The lowest BCUT2D eigenvalue weighted by Gasteiger charge is -2.48. The summed E-state index contributed by atoms with van der Waals surface area (Å²) in [7, 11) is 0. The van der Waals surface area contributed by atoms with E-state index in [9.17, 15) is 106 Å². The number of hydrogen-bond donors (Lipinski definition) is 17. The fourth-order valence-electron chi connectivity index (χ4n) is 11.8. The molecule has 0 amide bonds. The van der Waals surface area contributed by atoms with Crippen LogP contribution in [0, 0.1) is 11.8 Å². The summed E-state index contributed by atoms with van der Waals surface area (Å²) in [6.45, 7) is -1.15. The first-order valence-corrected chi connectivity index (χ1v) is 26.4. The number of benzene rings is 5. The SMILES string of the molecule is C[C@@H]1C2OC(=O)C3=CC(=O)C(O)(O)C4(O)Oc5c(cc6c(c5O)-c5c(cc(O)c(O)c5O)C(=O)OC5[C@@H](C)[C@@H](OCc7cc(O)c(O)c(O)c7Oc7cc8c(c(O)c7O)-c7c(cc(O)c(O)c7O)COCC(OC2O)[C@H]1OC8)C(O)O[C@@H]5COC6=O)OC34. The number of hydrogen-bond acceptors (Lipinski definition) is 32. The minimum atomic E-state index is -4.14. The Balaban J connectivity index is 1.05. The van der Waals surface area contributed by atoms with Crippen molar-refractivity contribution in [1.29, 1.82) is 0 Å². The maximum Gasteiger partial charge on any atom is 0.339 e. The minimum absolute atomic E-state index is 0.172. The second kappa shape index (κ2) is 20.9. The van der Waals surface area contributed by atoms with Gasteiger partial charge in [0.25, 0.3) is 5.79 Å². The number of aliphatic hydroxyl groups excluding tert-OH is 2. The van der Waals surface area contributed by atoms with Crippen LogP contribution >= 0.6 is 0 Å². The van der Waals surface area contributed by atoms with Crippen molar-refractivity contribution in [2.24, 2.45) is 11.8 Å². The van der Waals surface area contributed by atoms with E-state index in [-0.39, 0.29) is 17.2 Å². The molecule has 7 aliphatic heterocycles. The first-order valence-electron chi connectivity index (χ1n) is 26.4. The summed E-state index contributed by atoms with van der Waals surface area (Å²) < 4.78 is 64.8. The number of esters is 3. The summed E-state index contributed by atoms with van der Waals surface area (Å²) in [5.74, 6) is -35.6. The molecule has 1 aliphatic carbocycles. The van der Waals surface area contributed by atoms with Gasteiger partial charge in [-0.2, -0.15) is 0 Å². The van der Waals surface area contributed by atoms with Gasteiger partial charge in [0.05, 0.1) is 49.2 Å². The number of phenolic OH excluding ortho intramolecular Hbond substituents is 12. The molecule has 10 bridgehead atoms. The average Bonchev–Trinajstić information content (AvgIpc) is 0.786. The van der Waals surface area contributed by atoms with Gasteiger partial charge >= 0.3 is 23.7 Å². The zero-order chi connectivity index (χ0) is 63.2. The second-order valence-corrected chi connectivity index (χ2v) is 21.6. The lowest BCUT2D eigenvalue weighted by molar-refractivity contribution is -0.352. The van der Waals surface area contributed by atoms with Crippen LogP contribution in [0.4, 0.5) is 0 Å². The third-order valence-electron chi connectivity index (χ3n) is 16.3. The fraction of sp³-hybridized carbons (Fsp3) is 0.357. The molecule has 466 valence electrons. The summed E-state index contributed by atoms with van der Waals surface area (Å²) in [4.78, 5) is 57.5. The molecular formula is C56H50O32. The van der Waals surface area contributed by atoms with Crippen molar-refractivity contribution in [2.45, 2.75) is 101 Å². The molecule has 32 heteroatoms. The second-order valence-electron chi connectivity index (χ2n) is 21.6. The predicted octanol–water partition coefficient (Wildman–Crippen LogP) is 0.627. The average molecular weight is 1230 g/mol. The first-order chi connectivity index (χ1) is 41.5. The van der Waals surface area contributed by atoms with Crippen LogP contribution in [0.5, 0.6) is 92.0 Å². The number of phenols is 12. The number of ether oxygens (including phenoxy) is 11. The minimum Gasteiger partial charge on any atom is -0.504 e. The van der Waals surface area contributed by atoms with Gasteiger partial charge in [-0.05, 0) is 41.5 Å². The van der Waals surface area contributed by atoms with Crippen molar-refractivity contribution in [2.75, 3.05) is 13.2 Å². The lowest BCUT2D eigenvalue weighted by Crippen LogP contribution is -2.73. The number of rotatable bonds is 0. The number of fused-ring (bicyclic) bond motifs is 7. The van der Waals surface area contributed by atoms with Gasteiger partial charge in [-0.3, -0.25) is 4.79 Å². The summed E-state index contributed by atoms with van der Waals surface area (Å²) in [6, 6.07) is 3.86. The molecule has 0 radical (unpaired) electrons. The van der Waals surface area contributed by atoms with E-state index < -0.39 is 272 Å². The van der Waals surface area contributed by atoms with Crippen molar-refractivity contribution in [1.82, 2.24) is 0 Å². The molecule has 32 nitrogen and oxygen atoms in total. The van der Waals surface area contributed by atoms with Gasteiger partial charge in [-0.15, -0.1) is 0 Å². The van der Waals surface area contributed by atoms with Crippen molar-refractivity contribution < 1.29 is 158 Å². The highest BCUT2D eigenvalue weighted by atomic mass is 16.7. The molecule has 0 spiro atoms. The van der Waals surface area contributed by atoms with Gasteiger partial charge in [0, 0.05) is 45.7 Å². The molecule has 5 aromatic rings. The zero-order valence-electron chi connectivity index (χ0n) is 45.1. The van der Waals surface area contributed by atoms with Crippen LogP contribution in [-0.2, 0) is 67.3 Å². The highest BCUT2D eigenvalue weighted by Gasteiger charge is 2.69. The smallest absolute Gasteiger partial charge is 0.339 e. The van der Waals surface area contributed by atoms with E-state index in [4.69, 9.17) is 52.1 Å². The quantitative estimate of drug-likeness (QED) is 0.0437. The molecule has 13 rings (SSSR count). The molecule has 2 fully saturated rings. The van der Waals surface area contributed by atoms with E-state index in [2.05, 4.69) is 0 Å². The van der Waals surface area contributed by atoms with E-state index in [1.807, 2.05) is 0 Å². The predicted molar refractivity (Wildman–Crippen MR) is 277 cm³/mol. The van der Waals surface area contributed by atoms with Crippen molar-refractivity contribution in [3.05, 3.63) is 69.8 Å². The maximum absolute atomic E-state index is 14.6. The van der Waals surface area contributed by atoms with E-state index in [1.54, 1.807) is 0 Å². The van der Waals surface area contributed by atoms with E-state index >= 15 is 0 Å². The Morgan fingerprint density at radius 2 is 1.01 bits per heavy atom. The third-order valence-corrected chi connectivity index (χ3v) is 16.3. The van der Waals surface area contributed by atoms with Crippen molar-refractivity contribution in [3.8, 4) is 114 Å². The highest BCUT2D eigenvalue weighted by Crippen LogP contribution is 2.59. The topological polar surface area (TPSA) is 514 Å². The van der Waals surface area contributed by atoms with Crippen LogP contribution in [0.2, 0.25) is 0 Å². The Morgan fingerprint density at radius 3 is 1.70 bits per heavy atom. The number of carbonyl (C=O) groups excluding carboxylic acids is 4. The van der Waals surface area contributed by atoms with Gasteiger partial charge in [0.1, 0.15) is 31.0 Å². The summed E-state index contributed by atoms with van der Waals surface area (Å²) in [5, 5.41) is 193. The Hall–Kier alpha value is -9.48. The Kier molecular flexibility index (Phi) is 14.0. The van der Waals surface area contributed by atoms with Gasteiger partial charge in [0.15, 0.2) is 76.2 Å². The molecule has 12 atom stereocenters. The van der Waals surface area contributed by atoms with E-state index in [1.165, 1.54) is 13.8 Å². The molecule has 0 saturated carbocycles. The molecule has 17 N–H and O–H groups in total. The number of aliphatic hydroxyl groups is 5. The lowest BCUT2D eigenvalue weighted by atomic mass is 9.82. The standard InChI is InChI=1S/C56H50O32/c1-14-43-27-12-78-9-16-3-22(57)34(61)38(65)30(16)31-17(10-79-43)5-25(37(64)39(31)66)82-47-18(4-23(58)36(63)42(47)69)11-80-45-15(2)44-28(85-53(45)73)13-81-50(70)20-7-26-48(41(68)33(20)32-19(51(71)86-44)6-24(59)35(62)40(32)67)88-56(77)49(83-26)21(8-29(60)55(56,75)76)52(72)87-46(14)54(74)84-27/h3-8,14-15,27-28,43-46,49,53-54,57-59,61-69,73-77H,9-13H2,1-2H3/t14-,15+,27?,28+,43-,44?,45+,46?,49?,53?,54?,56?/m0/s1. The van der Waals surface area contributed by atoms with Gasteiger partial charge in [0.2, 0.25) is 46.4 Å². The monoisotopic (exact) mass is 1230 g/mol. The molecule has 7 unspecified atom stereocenters. The Labute approximate surface area is 490 Å². The highest BCUT2D eigenvalue weighted by molar-refractivity contribution is 6.09. The molecule has 7 heterocycles.